The van der Waals surface area contributed by atoms with Crippen LogP contribution in [0.5, 0.6) is 0 Å². The molecular weight excluding hydrogens is 306 g/mol. The van der Waals surface area contributed by atoms with Gasteiger partial charge in [-0.25, -0.2) is 4.98 Å². The molecule has 0 bridgehead atoms. The van der Waals surface area contributed by atoms with Crippen LogP contribution in [0.2, 0.25) is 0 Å². The van der Waals surface area contributed by atoms with E-state index >= 15 is 0 Å². The Morgan fingerprint density at radius 2 is 2.11 bits per heavy atom. The van der Waals surface area contributed by atoms with Gasteiger partial charge in [0.1, 0.15) is 5.82 Å². The molecule has 0 radical (unpaired) electrons. The number of morpholine rings is 1. The van der Waals surface area contributed by atoms with Crippen LogP contribution < -0.4 is 10.2 Å². The summed E-state index contributed by atoms with van der Waals surface area (Å²) in [5, 5.41) is 3.37. The van der Waals surface area contributed by atoms with Crippen molar-refractivity contribution in [2.24, 2.45) is 0 Å². The highest BCUT2D eigenvalue weighted by Gasteiger charge is 2.24. The van der Waals surface area contributed by atoms with Gasteiger partial charge < -0.3 is 15.0 Å². The van der Waals surface area contributed by atoms with E-state index in [1.807, 2.05) is 6.20 Å². The SMILES string of the molecule is CCNCc1cc(Br)cnc1N1C[C@@H](C)O[C@@H](C)C1. The third kappa shape index (κ3) is 3.91. The third-order valence-electron chi connectivity index (χ3n) is 3.19. The average molecular weight is 328 g/mol. The highest BCUT2D eigenvalue weighted by atomic mass is 79.9. The molecule has 1 aromatic heterocycles. The summed E-state index contributed by atoms with van der Waals surface area (Å²) in [5.41, 5.74) is 1.23. The summed E-state index contributed by atoms with van der Waals surface area (Å²) >= 11 is 3.50. The highest BCUT2D eigenvalue weighted by molar-refractivity contribution is 9.10. The first-order valence-corrected chi connectivity index (χ1v) is 7.65. The quantitative estimate of drug-likeness (QED) is 0.922. The average Bonchev–Trinajstić information content (AvgIpc) is 2.35. The van der Waals surface area contributed by atoms with E-state index in [2.05, 4.69) is 58.0 Å². The molecule has 2 atom stereocenters. The fraction of sp³-hybridized carbons (Fsp3) is 0.643. The smallest absolute Gasteiger partial charge is 0.133 e. The molecule has 0 saturated carbocycles. The van der Waals surface area contributed by atoms with Crippen molar-refractivity contribution in [2.45, 2.75) is 39.5 Å². The predicted octanol–water partition coefficient (Wildman–Crippen LogP) is 2.57. The Hall–Kier alpha value is -0.650. The number of hydrogen-bond donors (Lipinski definition) is 1. The topological polar surface area (TPSA) is 37.4 Å². The second-order valence-corrected chi connectivity index (χ2v) is 5.99. The molecule has 2 heterocycles. The van der Waals surface area contributed by atoms with Gasteiger partial charge in [-0.15, -0.1) is 0 Å². The van der Waals surface area contributed by atoms with Crippen LogP contribution in [-0.4, -0.2) is 36.8 Å². The van der Waals surface area contributed by atoms with Crippen molar-refractivity contribution in [3.05, 3.63) is 22.3 Å². The molecule has 0 aliphatic carbocycles. The lowest BCUT2D eigenvalue weighted by atomic mass is 10.2. The van der Waals surface area contributed by atoms with Gasteiger partial charge in [0.05, 0.1) is 12.2 Å². The van der Waals surface area contributed by atoms with Crippen molar-refractivity contribution in [2.75, 3.05) is 24.5 Å². The van der Waals surface area contributed by atoms with Crippen LogP contribution in [0, 0.1) is 0 Å². The summed E-state index contributed by atoms with van der Waals surface area (Å²) in [7, 11) is 0. The van der Waals surface area contributed by atoms with E-state index in [0.717, 1.165) is 36.5 Å². The molecule has 5 heteroatoms. The monoisotopic (exact) mass is 327 g/mol. The van der Waals surface area contributed by atoms with Crippen LogP contribution in [0.3, 0.4) is 0 Å². The van der Waals surface area contributed by atoms with E-state index < -0.39 is 0 Å². The maximum atomic E-state index is 5.79. The van der Waals surface area contributed by atoms with Gasteiger partial charge in [0.25, 0.3) is 0 Å². The molecule has 0 aromatic carbocycles. The zero-order chi connectivity index (χ0) is 13.8. The first-order chi connectivity index (χ1) is 9.10. The number of halogens is 1. The number of nitrogens with zero attached hydrogens (tertiary/aromatic N) is 2. The highest BCUT2D eigenvalue weighted by Crippen LogP contribution is 2.24. The van der Waals surface area contributed by atoms with Gasteiger partial charge in [0.2, 0.25) is 0 Å². The maximum Gasteiger partial charge on any atom is 0.133 e. The molecule has 1 aliphatic heterocycles. The number of aromatic nitrogens is 1. The molecule has 19 heavy (non-hydrogen) atoms. The van der Waals surface area contributed by atoms with Crippen molar-refractivity contribution in [1.82, 2.24) is 10.3 Å². The van der Waals surface area contributed by atoms with Crippen LogP contribution in [0.4, 0.5) is 5.82 Å². The molecule has 1 fully saturated rings. The first kappa shape index (κ1) is 14.8. The molecule has 0 unspecified atom stereocenters. The minimum absolute atomic E-state index is 0.251. The molecule has 0 amide bonds. The molecule has 1 N–H and O–H groups in total. The summed E-state index contributed by atoms with van der Waals surface area (Å²) in [6, 6.07) is 2.15. The zero-order valence-electron chi connectivity index (χ0n) is 11.8. The van der Waals surface area contributed by atoms with Crippen LogP contribution >= 0.6 is 15.9 Å². The maximum absolute atomic E-state index is 5.79. The third-order valence-corrected chi connectivity index (χ3v) is 3.63. The molecule has 1 aromatic rings. The second kappa shape index (κ2) is 6.68. The number of ether oxygens (including phenoxy) is 1. The standard InChI is InChI=1S/C14H22BrN3O/c1-4-16-6-12-5-13(15)7-17-14(12)18-8-10(2)19-11(3)9-18/h5,7,10-11,16H,4,6,8-9H2,1-3H3/t10-,11+. The zero-order valence-corrected chi connectivity index (χ0v) is 13.4. The van der Waals surface area contributed by atoms with Gasteiger partial charge in [0.15, 0.2) is 0 Å². The fourth-order valence-corrected chi connectivity index (χ4v) is 2.88. The molecule has 2 rings (SSSR count). The van der Waals surface area contributed by atoms with Crippen molar-refractivity contribution in [3.63, 3.8) is 0 Å². The summed E-state index contributed by atoms with van der Waals surface area (Å²) in [4.78, 5) is 6.94. The van der Waals surface area contributed by atoms with Gasteiger partial charge in [0, 0.05) is 35.9 Å². The largest absolute Gasteiger partial charge is 0.372 e. The van der Waals surface area contributed by atoms with E-state index in [0.29, 0.717) is 0 Å². The van der Waals surface area contributed by atoms with Gasteiger partial charge in [-0.2, -0.15) is 0 Å². The molecule has 1 aliphatic rings. The lowest BCUT2D eigenvalue weighted by Crippen LogP contribution is -2.46. The summed E-state index contributed by atoms with van der Waals surface area (Å²) in [5.74, 6) is 1.08. The second-order valence-electron chi connectivity index (χ2n) is 5.08. The van der Waals surface area contributed by atoms with Crippen molar-refractivity contribution in [3.8, 4) is 0 Å². The van der Waals surface area contributed by atoms with Crippen molar-refractivity contribution >= 4 is 21.7 Å². The number of anilines is 1. The lowest BCUT2D eigenvalue weighted by Gasteiger charge is -2.37. The molecule has 106 valence electrons. The first-order valence-electron chi connectivity index (χ1n) is 6.85. The van der Waals surface area contributed by atoms with E-state index in [-0.39, 0.29) is 12.2 Å². The molecular formula is C14H22BrN3O. The summed E-state index contributed by atoms with van der Waals surface area (Å²) in [6.45, 7) is 9.96. The normalized spacial score (nSPS) is 23.7. The Kier molecular flexibility index (Phi) is 5.19. The number of hydrogen-bond acceptors (Lipinski definition) is 4. The van der Waals surface area contributed by atoms with Crippen LogP contribution in [0.1, 0.15) is 26.3 Å². The Morgan fingerprint density at radius 3 is 2.74 bits per heavy atom. The molecule has 0 spiro atoms. The van der Waals surface area contributed by atoms with E-state index in [4.69, 9.17) is 4.74 Å². The Balaban J connectivity index is 2.22. The van der Waals surface area contributed by atoms with E-state index in [1.165, 1.54) is 5.56 Å². The van der Waals surface area contributed by atoms with Gasteiger partial charge in [-0.05, 0) is 42.4 Å². The Bertz CT molecular complexity index is 417. The lowest BCUT2D eigenvalue weighted by molar-refractivity contribution is -0.00551. The predicted molar refractivity (Wildman–Crippen MR) is 81.5 cm³/mol. The number of rotatable bonds is 4. The summed E-state index contributed by atoms with van der Waals surface area (Å²) in [6.07, 6.45) is 2.37. The van der Waals surface area contributed by atoms with Crippen molar-refractivity contribution in [1.29, 1.82) is 0 Å². The summed E-state index contributed by atoms with van der Waals surface area (Å²) < 4.78 is 6.81. The van der Waals surface area contributed by atoms with E-state index in [1.54, 1.807) is 0 Å². The minimum atomic E-state index is 0.251. The fourth-order valence-electron chi connectivity index (χ4n) is 2.50. The Morgan fingerprint density at radius 1 is 1.42 bits per heavy atom. The Labute approximate surface area is 123 Å². The molecule has 1 saturated heterocycles. The number of pyridine rings is 1. The van der Waals surface area contributed by atoms with Gasteiger partial charge >= 0.3 is 0 Å². The van der Waals surface area contributed by atoms with Gasteiger partial charge in [-0.1, -0.05) is 6.92 Å². The van der Waals surface area contributed by atoms with E-state index in [9.17, 15) is 0 Å². The van der Waals surface area contributed by atoms with Crippen LogP contribution in [0.15, 0.2) is 16.7 Å². The van der Waals surface area contributed by atoms with Gasteiger partial charge in [-0.3, -0.25) is 0 Å². The van der Waals surface area contributed by atoms with Crippen LogP contribution in [0.25, 0.3) is 0 Å². The minimum Gasteiger partial charge on any atom is -0.372 e. The van der Waals surface area contributed by atoms with Crippen LogP contribution in [-0.2, 0) is 11.3 Å². The molecule has 4 nitrogen and oxygen atoms in total. The number of nitrogens with one attached hydrogen (secondary N) is 1. The van der Waals surface area contributed by atoms with Crippen molar-refractivity contribution < 1.29 is 4.74 Å².